The summed E-state index contributed by atoms with van der Waals surface area (Å²) in [6, 6.07) is 9.55. The lowest BCUT2D eigenvalue weighted by molar-refractivity contribution is -0.120. The number of carbonyl (C=O) groups is 2. The molecule has 1 heterocycles. The van der Waals surface area contributed by atoms with Gasteiger partial charge in [0.15, 0.2) is 0 Å². The smallest absolute Gasteiger partial charge is 0.340 e. The average Bonchev–Trinajstić information content (AvgIpc) is 2.77. The van der Waals surface area contributed by atoms with Crippen molar-refractivity contribution in [3.8, 4) is 0 Å². The van der Waals surface area contributed by atoms with Crippen LogP contribution in [0.4, 0.5) is 11.4 Å². The number of nitrogens with two attached hydrogens (primary N) is 2. The number of nitrogens with zero attached hydrogens (tertiary/aromatic N) is 1. The van der Waals surface area contributed by atoms with Crippen molar-refractivity contribution >= 4 is 43.3 Å². The zero-order chi connectivity index (χ0) is 24.4. The van der Waals surface area contributed by atoms with E-state index in [0.29, 0.717) is 37.3 Å². The second-order valence-corrected chi connectivity index (χ2v) is 10.7. The van der Waals surface area contributed by atoms with E-state index in [0.717, 1.165) is 0 Å². The Labute approximate surface area is 191 Å². The normalized spacial score (nSPS) is 15.2. The Balaban J connectivity index is 1.69. The summed E-state index contributed by atoms with van der Waals surface area (Å²) in [7, 11) is -6.61. The van der Waals surface area contributed by atoms with Crippen LogP contribution in [0.1, 0.15) is 23.2 Å². The van der Waals surface area contributed by atoms with Crippen LogP contribution in [-0.4, -0.2) is 48.9 Å². The summed E-state index contributed by atoms with van der Waals surface area (Å²) in [6.07, 6.45) is 0.970. The minimum atomic E-state index is -3.99. The maximum Gasteiger partial charge on any atom is 0.340 e. The first-order valence-corrected chi connectivity index (χ1v) is 12.9. The van der Waals surface area contributed by atoms with Gasteiger partial charge in [0.05, 0.1) is 28.2 Å². The molecule has 1 saturated heterocycles. The van der Waals surface area contributed by atoms with Crippen LogP contribution in [0.2, 0.25) is 0 Å². The van der Waals surface area contributed by atoms with E-state index < -0.39 is 26.0 Å². The molecule has 0 saturated carbocycles. The predicted molar refractivity (Wildman–Crippen MR) is 121 cm³/mol. The predicted octanol–water partition coefficient (Wildman–Crippen LogP) is 0.623. The van der Waals surface area contributed by atoms with Crippen molar-refractivity contribution in [3.63, 3.8) is 0 Å². The van der Waals surface area contributed by atoms with Gasteiger partial charge in [-0.25, -0.2) is 31.9 Å². The zero-order valence-corrected chi connectivity index (χ0v) is 19.4. The summed E-state index contributed by atoms with van der Waals surface area (Å²) in [5, 5.41) is 13.0. The van der Waals surface area contributed by atoms with Gasteiger partial charge in [-0.15, -0.1) is 0 Å². The molecule has 5 N–H and O–H groups in total. The zero-order valence-electron chi connectivity index (χ0n) is 17.7. The van der Waals surface area contributed by atoms with Crippen molar-refractivity contribution in [2.45, 2.75) is 22.6 Å². The maximum absolute atomic E-state index is 12.6. The molecule has 3 rings (SSSR count). The van der Waals surface area contributed by atoms with Gasteiger partial charge >= 0.3 is 5.97 Å². The molecule has 178 valence electrons. The summed E-state index contributed by atoms with van der Waals surface area (Å²) in [5.41, 5.74) is 1.01. The summed E-state index contributed by atoms with van der Waals surface area (Å²) >= 11 is 0. The van der Waals surface area contributed by atoms with E-state index in [1.807, 2.05) is 4.90 Å². The lowest BCUT2D eigenvalue weighted by atomic mass is 9.95. The van der Waals surface area contributed by atoms with Crippen molar-refractivity contribution < 1.29 is 31.2 Å². The standard InChI is InChI=1S/C20H24N4O7S2/c1-31-20(26)17-12-16(33(22,29)30)6-7-18(17)24-10-8-13(9-11-24)19(25)23-14-2-4-15(5-3-14)32(21,27)28/h2-7,12-13H,8-11H2,1H3,(H,23,25)(H2,21,27,28)(H2,22,29,30). The fourth-order valence-corrected chi connectivity index (χ4v) is 4.65. The van der Waals surface area contributed by atoms with Crippen LogP contribution in [0.3, 0.4) is 0 Å². The third-order valence-corrected chi connectivity index (χ3v) is 7.20. The second-order valence-electron chi connectivity index (χ2n) is 7.54. The molecular weight excluding hydrogens is 472 g/mol. The lowest BCUT2D eigenvalue weighted by Gasteiger charge is -2.34. The summed E-state index contributed by atoms with van der Waals surface area (Å²) in [4.78, 5) is 26.5. The van der Waals surface area contributed by atoms with E-state index in [1.54, 1.807) is 0 Å². The van der Waals surface area contributed by atoms with Crippen LogP contribution < -0.4 is 20.5 Å². The van der Waals surface area contributed by atoms with Crippen molar-refractivity contribution in [2.24, 2.45) is 16.2 Å². The quantitative estimate of drug-likeness (QED) is 0.487. The Bertz CT molecular complexity index is 1270. The Kier molecular flexibility index (Phi) is 7.07. The summed E-state index contributed by atoms with van der Waals surface area (Å²) in [5.74, 6) is -1.21. The largest absolute Gasteiger partial charge is 0.465 e. The number of ether oxygens (including phenoxy) is 1. The Morgan fingerprint density at radius 1 is 0.939 bits per heavy atom. The first-order valence-electron chi connectivity index (χ1n) is 9.84. The van der Waals surface area contributed by atoms with Crippen LogP contribution in [0, 0.1) is 5.92 Å². The van der Waals surface area contributed by atoms with Gasteiger partial charge in [0, 0.05) is 24.7 Å². The molecule has 1 amide bonds. The molecular formula is C20H24N4O7S2. The van der Waals surface area contributed by atoms with Gasteiger partial charge in [0.2, 0.25) is 26.0 Å². The number of nitrogens with one attached hydrogen (secondary N) is 1. The highest BCUT2D eigenvalue weighted by Gasteiger charge is 2.28. The highest BCUT2D eigenvalue weighted by molar-refractivity contribution is 7.89. The number of hydrogen-bond acceptors (Lipinski definition) is 8. The Hall–Kier alpha value is -3.00. The number of sulfonamides is 2. The monoisotopic (exact) mass is 496 g/mol. The molecule has 0 spiro atoms. The number of anilines is 2. The van der Waals surface area contributed by atoms with Crippen molar-refractivity contribution in [1.29, 1.82) is 0 Å². The minimum absolute atomic E-state index is 0.0522. The van der Waals surface area contributed by atoms with E-state index in [2.05, 4.69) is 5.32 Å². The van der Waals surface area contributed by atoms with Crippen molar-refractivity contribution in [2.75, 3.05) is 30.4 Å². The SMILES string of the molecule is COC(=O)c1cc(S(N)(=O)=O)ccc1N1CCC(C(=O)Nc2ccc(S(N)(=O)=O)cc2)CC1. The van der Waals surface area contributed by atoms with Crippen molar-refractivity contribution in [1.82, 2.24) is 0 Å². The van der Waals surface area contributed by atoms with E-state index in [9.17, 15) is 26.4 Å². The van der Waals surface area contributed by atoms with E-state index in [1.165, 1.54) is 49.6 Å². The van der Waals surface area contributed by atoms with Gasteiger partial charge in [-0.05, 0) is 55.3 Å². The van der Waals surface area contributed by atoms with Crippen LogP contribution in [-0.2, 0) is 29.6 Å². The fourth-order valence-electron chi connectivity index (χ4n) is 3.60. The second kappa shape index (κ2) is 9.47. The van der Waals surface area contributed by atoms with Crippen molar-refractivity contribution in [3.05, 3.63) is 48.0 Å². The summed E-state index contributed by atoms with van der Waals surface area (Å²) < 4.78 is 50.8. The molecule has 1 fully saturated rings. The van der Waals surface area contributed by atoms with Crippen LogP contribution in [0.25, 0.3) is 0 Å². The third-order valence-electron chi connectivity index (χ3n) is 5.36. The number of rotatable bonds is 6. The number of benzene rings is 2. The molecule has 33 heavy (non-hydrogen) atoms. The molecule has 1 aliphatic heterocycles. The lowest BCUT2D eigenvalue weighted by Crippen LogP contribution is -2.39. The molecule has 1 aliphatic rings. The number of carbonyl (C=O) groups excluding carboxylic acids is 2. The van der Waals surface area contributed by atoms with Crippen LogP contribution in [0.5, 0.6) is 0 Å². The Morgan fingerprint density at radius 3 is 2.00 bits per heavy atom. The third kappa shape index (κ3) is 5.87. The molecule has 0 atom stereocenters. The van der Waals surface area contributed by atoms with Crippen LogP contribution in [0.15, 0.2) is 52.3 Å². The van der Waals surface area contributed by atoms with Gasteiger partial charge in [-0.1, -0.05) is 0 Å². The van der Waals surface area contributed by atoms with Gasteiger partial charge in [0.25, 0.3) is 0 Å². The number of primary sulfonamides is 2. The Morgan fingerprint density at radius 2 is 1.48 bits per heavy atom. The number of amides is 1. The highest BCUT2D eigenvalue weighted by atomic mass is 32.2. The molecule has 2 aromatic carbocycles. The molecule has 13 heteroatoms. The molecule has 11 nitrogen and oxygen atoms in total. The van der Waals surface area contributed by atoms with Gasteiger partial charge < -0.3 is 15.0 Å². The van der Waals surface area contributed by atoms with Gasteiger partial charge in [-0.2, -0.15) is 0 Å². The number of piperidine rings is 1. The van der Waals surface area contributed by atoms with E-state index >= 15 is 0 Å². The van der Waals surface area contributed by atoms with E-state index in [-0.39, 0.29) is 27.2 Å². The number of esters is 1. The molecule has 0 aliphatic carbocycles. The van der Waals surface area contributed by atoms with Gasteiger partial charge in [0.1, 0.15) is 0 Å². The molecule has 0 radical (unpaired) electrons. The number of methoxy groups -OCH3 is 1. The fraction of sp³-hybridized carbons (Fsp3) is 0.300. The highest BCUT2D eigenvalue weighted by Crippen LogP contribution is 2.29. The molecule has 0 aromatic heterocycles. The molecule has 2 aromatic rings. The number of hydrogen-bond donors (Lipinski definition) is 3. The maximum atomic E-state index is 12.6. The van der Waals surface area contributed by atoms with Gasteiger partial charge in [-0.3, -0.25) is 4.79 Å². The van der Waals surface area contributed by atoms with E-state index in [4.69, 9.17) is 15.0 Å². The topological polar surface area (TPSA) is 179 Å². The molecule has 0 unspecified atom stereocenters. The van der Waals surface area contributed by atoms with Crippen LogP contribution >= 0.6 is 0 Å². The first-order chi connectivity index (χ1) is 15.4. The average molecular weight is 497 g/mol. The molecule has 0 bridgehead atoms. The summed E-state index contributed by atoms with van der Waals surface area (Å²) in [6.45, 7) is 0.891. The first kappa shape index (κ1) is 24.6. The minimum Gasteiger partial charge on any atom is -0.465 e.